The molecule has 0 heterocycles. The third-order valence-corrected chi connectivity index (χ3v) is 5.53. The predicted octanol–water partition coefficient (Wildman–Crippen LogP) is 3.08. The van der Waals surface area contributed by atoms with Crippen molar-refractivity contribution in [2.75, 3.05) is 23.7 Å². The number of sulfonamides is 1. The fourth-order valence-corrected chi connectivity index (χ4v) is 3.68. The number of carbonyl (C=O) groups is 1. The van der Waals surface area contributed by atoms with E-state index >= 15 is 0 Å². The first-order valence-electron chi connectivity index (χ1n) is 8.23. The molecule has 7 heteroatoms. The number of rotatable bonds is 7. The summed E-state index contributed by atoms with van der Waals surface area (Å²) in [5, 5.41) is 3.27. The highest BCUT2D eigenvalue weighted by Gasteiger charge is 2.18. The lowest BCUT2D eigenvalue weighted by molar-refractivity contribution is -0.120. The minimum Gasteiger partial charge on any atom is -0.354 e. The molecule has 0 saturated heterocycles. The molecule has 0 spiro atoms. The van der Waals surface area contributed by atoms with Crippen molar-refractivity contribution in [1.82, 2.24) is 5.32 Å². The maximum Gasteiger partial charge on any atom is 0.232 e. The summed E-state index contributed by atoms with van der Waals surface area (Å²) in [5.74, 6) is -0.147. The number of aryl methyl sites for hydroxylation is 2. The molecule has 1 N–H and O–H groups in total. The van der Waals surface area contributed by atoms with Crippen molar-refractivity contribution in [3.8, 4) is 0 Å². The number of benzene rings is 2. The highest BCUT2D eigenvalue weighted by Crippen LogP contribution is 2.24. The lowest BCUT2D eigenvalue weighted by atomic mass is 10.1. The second-order valence-electron chi connectivity index (χ2n) is 6.28. The number of nitrogens with zero attached hydrogens (tertiary/aromatic N) is 1. The third kappa shape index (κ3) is 5.75. The van der Waals surface area contributed by atoms with E-state index in [1.165, 1.54) is 4.31 Å². The second-order valence-corrected chi connectivity index (χ2v) is 8.60. The molecule has 0 radical (unpaired) electrons. The first-order valence-corrected chi connectivity index (χ1v) is 10.5. The summed E-state index contributed by atoms with van der Waals surface area (Å²) in [4.78, 5) is 12.1. The van der Waals surface area contributed by atoms with Crippen LogP contribution < -0.4 is 9.62 Å². The Morgan fingerprint density at radius 2 is 1.88 bits per heavy atom. The van der Waals surface area contributed by atoms with Gasteiger partial charge in [0.2, 0.25) is 15.9 Å². The van der Waals surface area contributed by atoms with Gasteiger partial charge in [0, 0.05) is 11.6 Å². The van der Waals surface area contributed by atoms with E-state index in [0.717, 1.165) is 22.9 Å². The van der Waals surface area contributed by atoms with Gasteiger partial charge in [-0.2, -0.15) is 0 Å². The van der Waals surface area contributed by atoms with Gasteiger partial charge in [-0.25, -0.2) is 8.42 Å². The number of hydrogen-bond donors (Lipinski definition) is 1. The average Bonchev–Trinajstić information content (AvgIpc) is 2.53. The fraction of sp³-hybridized carbons (Fsp3) is 0.316. The lowest BCUT2D eigenvalue weighted by Gasteiger charge is -2.23. The van der Waals surface area contributed by atoms with Gasteiger partial charge in [-0.15, -0.1) is 0 Å². The maximum atomic E-state index is 12.1. The summed E-state index contributed by atoms with van der Waals surface area (Å²) in [7, 11) is -3.49. The number of carbonyl (C=O) groups excluding carboxylic acids is 1. The molecule has 1 amide bonds. The summed E-state index contributed by atoms with van der Waals surface area (Å²) in [5.41, 5.74) is 3.37. The van der Waals surface area contributed by atoms with Crippen LogP contribution in [0.15, 0.2) is 42.5 Å². The van der Waals surface area contributed by atoms with Crippen LogP contribution in [0.3, 0.4) is 0 Å². The van der Waals surface area contributed by atoms with E-state index < -0.39 is 10.0 Å². The number of anilines is 1. The topological polar surface area (TPSA) is 66.5 Å². The van der Waals surface area contributed by atoms with Crippen LogP contribution in [0, 0.1) is 13.8 Å². The lowest BCUT2D eigenvalue weighted by Crippen LogP contribution is -2.38. The summed E-state index contributed by atoms with van der Waals surface area (Å²) >= 11 is 6.10. The molecule has 2 rings (SSSR count). The van der Waals surface area contributed by atoms with Gasteiger partial charge in [0.05, 0.1) is 24.9 Å². The Morgan fingerprint density at radius 1 is 1.15 bits per heavy atom. The van der Waals surface area contributed by atoms with Crippen LogP contribution in [-0.4, -0.2) is 33.7 Å². The molecule has 26 heavy (non-hydrogen) atoms. The molecule has 2 aromatic rings. The minimum atomic E-state index is -3.49. The molecule has 0 aliphatic rings. The second kappa shape index (κ2) is 8.56. The van der Waals surface area contributed by atoms with E-state index in [-0.39, 0.29) is 25.4 Å². The zero-order chi connectivity index (χ0) is 19.3. The monoisotopic (exact) mass is 394 g/mol. The van der Waals surface area contributed by atoms with Crippen molar-refractivity contribution in [3.05, 3.63) is 64.2 Å². The van der Waals surface area contributed by atoms with Gasteiger partial charge in [-0.05, 0) is 37.1 Å². The van der Waals surface area contributed by atoms with Gasteiger partial charge in [0.1, 0.15) is 0 Å². The first-order chi connectivity index (χ1) is 12.2. The normalized spacial score (nSPS) is 11.2. The van der Waals surface area contributed by atoms with E-state index in [9.17, 15) is 13.2 Å². The summed E-state index contributed by atoms with van der Waals surface area (Å²) in [6.07, 6.45) is 1.40. The third-order valence-electron chi connectivity index (χ3n) is 3.93. The van der Waals surface area contributed by atoms with E-state index in [0.29, 0.717) is 10.7 Å². The smallest absolute Gasteiger partial charge is 0.232 e. The highest BCUT2D eigenvalue weighted by molar-refractivity contribution is 7.92. The summed E-state index contributed by atoms with van der Waals surface area (Å²) < 4.78 is 25.4. The zero-order valence-electron chi connectivity index (χ0n) is 15.1. The van der Waals surface area contributed by atoms with Crippen LogP contribution in [-0.2, 0) is 21.2 Å². The van der Waals surface area contributed by atoms with Crippen LogP contribution in [0.1, 0.15) is 16.7 Å². The molecule has 2 aromatic carbocycles. The molecule has 0 unspecified atom stereocenters. The molecule has 140 valence electrons. The molecule has 0 aromatic heterocycles. The van der Waals surface area contributed by atoms with E-state index in [4.69, 9.17) is 11.6 Å². The Morgan fingerprint density at radius 3 is 2.50 bits per heavy atom. The Balaban J connectivity index is 1.99. The van der Waals surface area contributed by atoms with Gasteiger partial charge in [0.25, 0.3) is 0 Å². The Labute approximate surface area is 160 Å². The molecule has 0 saturated carbocycles. The number of nitrogens with one attached hydrogen (secondary N) is 1. The van der Waals surface area contributed by atoms with Crippen molar-refractivity contribution in [2.24, 2.45) is 0 Å². The van der Waals surface area contributed by atoms with Gasteiger partial charge in [-0.1, -0.05) is 47.5 Å². The Hall–Kier alpha value is -2.05. The largest absolute Gasteiger partial charge is 0.354 e. The van der Waals surface area contributed by atoms with Gasteiger partial charge in [-0.3, -0.25) is 9.10 Å². The molecular weight excluding hydrogens is 372 g/mol. The maximum absolute atomic E-state index is 12.1. The van der Waals surface area contributed by atoms with Gasteiger partial charge in [0.15, 0.2) is 0 Å². The van der Waals surface area contributed by atoms with Crippen LogP contribution in [0.25, 0.3) is 0 Å². The van der Waals surface area contributed by atoms with Crippen LogP contribution in [0.4, 0.5) is 5.69 Å². The standard InChI is InChI=1S/C19H23ClN2O3S/c1-14-5-4-6-16(11-14)12-19(23)21-9-10-22(26(3,24)25)17-8-7-15(2)18(20)13-17/h4-8,11,13H,9-10,12H2,1-3H3,(H,21,23). The summed E-state index contributed by atoms with van der Waals surface area (Å²) in [6, 6.07) is 12.8. The molecule has 0 aliphatic heterocycles. The molecule has 0 fully saturated rings. The molecular formula is C19H23ClN2O3S. The van der Waals surface area contributed by atoms with E-state index in [2.05, 4.69) is 5.32 Å². The summed E-state index contributed by atoms with van der Waals surface area (Å²) in [6.45, 7) is 4.17. The van der Waals surface area contributed by atoms with Gasteiger partial charge >= 0.3 is 0 Å². The average molecular weight is 395 g/mol. The van der Waals surface area contributed by atoms with Crippen LogP contribution in [0.5, 0.6) is 0 Å². The molecule has 0 atom stereocenters. The first kappa shape index (κ1) is 20.3. The number of halogens is 1. The highest BCUT2D eigenvalue weighted by atomic mass is 35.5. The Bertz CT molecular complexity index is 897. The van der Waals surface area contributed by atoms with Crippen molar-refractivity contribution in [3.63, 3.8) is 0 Å². The SMILES string of the molecule is Cc1cccc(CC(=O)NCCN(c2ccc(C)c(Cl)c2)S(C)(=O)=O)c1. The van der Waals surface area contributed by atoms with E-state index in [1.54, 1.807) is 18.2 Å². The van der Waals surface area contributed by atoms with Crippen molar-refractivity contribution < 1.29 is 13.2 Å². The zero-order valence-corrected chi connectivity index (χ0v) is 16.7. The van der Waals surface area contributed by atoms with Gasteiger partial charge < -0.3 is 5.32 Å². The number of hydrogen-bond acceptors (Lipinski definition) is 3. The Kier molecular flexibility index (Phi) is 6.67. The van der Waals surface area contributed by atoms with Crippen LogP contribution in [0.2, 0.25) is 5.02 Å². The van der Waals surface area contributed by atoms with Crippen molar-refractivity contribution in [1.29, 1.82) is 0 Å². The fourth-order valence-electron chi connectivity index (χ4n) is 2.59. The quantitative estimate of drug-likeness (QED) is 0.784. The molecule has 0 aliphatic carbocycles. The van der Waals surface area contributed by atoms with Crippen molar-refractivity contribution in [2.45, 2.75) is 20.3 Å². The molecule has 0 bridgehead atoms. The predicted molar refractivity (Wildman–Crippen MR) is 106 cm³/mol. The number of amides is 1. The van der Waals surface area contributed by atoms with Crippen molar-refractivity contribution >= 4 is 33.2 Å². The minimum absolute atomic E-state index is 0.137. The molecule has 5 nitrogen and oxygen atoms in total. The van der Waals surface area contributed by atoms with E-state index in [1.807, 2.05) is 38.1 Å². The van der Waals surface area contributed by atoms with Crippen LogP contribution >= 0.6 is 11.6 Å².